The second kappa shape index (κ2) is 9.87. The first-order valence-electron chi connectivity index (χ1n) is 7.31. The molecule has 16 heteroatoms. The first kappa shape index (κ1) is 28.0. The SMILES string of the molecule is CO[Si](OC)(OC)C(F)C(F)(F)C(F)(F)C(F)(F)C(F)C(F)C(F)C(F)C=CF. The fraction of sp³-hybridized carbons (Fsp3) is 0.846. The lowest BCUT2D eigenvalue weighted by Gasteiger charge is -2.39. The van der Waals surface area contributed by atoms with Crippen molar-refractivity contribution in [3.05, 3.63) is 12.4 Å². The van der Waals surface area contributed by atoms with Crippen LogP contribution in [0.3, 0.4) is 0 Å². The van der Waals surface area contributed by atoms with Gasteiger partial charge in [0.05, 0.1) is 6.33 Å². The van der Waals surface area contributed by atoms with Crippen LogP contribution >= 0.6 is 0 Å². The van der Waals surface area contributed by atoms with Crippen molar-refractivity contribution in [2.45, 2.75) is 48.2 Å². The van der Waals surface area contributed by atoms with E-state index in [1.807, 2.05) is 0 Å². The zero-order valence-corrected chi connectivity index (χ0v) is 15.8. The van der Waals surface area contributed by atoms with E-state index in [9.17, 15) is 52.7 Å². The maximum absolute atomic E-state index is 14.1. The molecule has 0 radical (unpaired) electrons. The maximum atomic E-state index is 14.1. The smallest absolute Gasteiger partial charge is 0.375 e. The minimum atomic E-state index is -7.00. The molecule has 0 saturated carbocycles. The first-order chi connectivity index (χ1) is 13.1. The molecule has 0 aromatic rings. The third-order valence-electron chi connectivity index (χ3n) is 3.81. The molecule has 0 aromatic heterocycles. The van der Waals surface area contributed by atoms with Gasteiger partial charge in [-0.25, -0.2) is 26.3 Å². The van der Waals surface area contributed by atoms with Gasteiger partial charge in [-0.15, -0.1) is 0 Å². The van der Waals surface area contributed by atoms with Crippen LogP contribution in [0.2, 0.25) is 0 Å². The molecular formula is C13H16F12O3Si. The monoisotopic (exact) mass is 476 g/mol. The normalized spacial score (nSPS) is 19.8. The first-order valence-corrected chi connectivity index (χ1v) is 9.12. The summed E-state index contributed by atoms with van der Waals surface area (Å²) in [6.07, 6.45) is -18.1. The molecule has 174 valence electrons. The Morgan fingerprint density at radius 3 is 1.48 bits per heavy atom. The maximum Gasteiger partial charge on any atom is 0.543 e. The van der Waals surface area contributed by atoms with E-state index >= 15 is 0 Å². The number of alkyl halides is 11. The summed E-state index contributed by atoms with van der Waals surface area (Å²) < 4.78 is 174. The molecule has 0 N–H and O–H groups in total. The van der Waals surface area contributed by atoms with E-state index in [2.05, 4.69) is 13.3 Å². The van der Waals surface area contributed by atoms with Gasteiger partial charge in [-0.3, -0.25) is 0 Å². The largest absolute Gasteiger partial charge is 0.543 e. The zero-order chi connectivity index (χ0) is 23.4. The zero-order valence-electron chi connectivity index (χ0n) is 14.8. The van der Waals surface area contributed by atoms with Gasteiger partial charge in [0.25, 0.3) is 0 Å². The second-order valence-electron chi connectivity index (χ2n) is 5.45. The molecule has 0 aliphatic carbocycles. The Labute approximate surface area is 158 Å². The van der Waals surface area contributed by atoms with Gasteiger partial charge >= 0.3 is 26.6 Å². The van der Waals surface area contributed by atoms with Crippen LogP contribution in [0.1, 0.15) is 0 Å². The standard InChI is InChI=1S/C13H16F12O3Si/c1-26-29(27-2,28-3)10(19)12(22,23)13(24,25)11(20,21)9(18)8(17)7(16)6(15)4-5-14/h4-10H,1-3H3. The summed E-state index contributed by atoms with van der Waals surface area (Å²) in [6.45, 7) is 0. The highest BCUT2D eigenvalue weighted by molar-refractivity contribution is 6.62. The quantitative estimate of drug-likeness (QED) is 0.307. The Kier molecular flexibility index (Phi) is 9.53. The molecule has 0 amide bonds. The summed E-state index contributed by atoms with van der Waals surface area (Å²) in [5.41, 5.74) is 0. The molecule has 0 aliphatic heterocycles. The van der Waals surface area contributed by atoms with Crippen LogP contribution in [-0.4, -0.2) is 78.4 Å². The number of hydrogen-bond acceptors (Lipinski definition) is 3. The highest BCUT2D eigenvalue weighted by Crippen LogP contribution is 2.52. The van der Waals surface area contributed by atoms with Crippen molar-refractivity contribution in [3.8, 4) is 0 Å². The summed E-state index contributed by atoms with van der Waals surface area (Å²) in [5, 5.41) is 0. The number of hydrogen-bond donors (Lipinski definition) is 0. The Morgan fingerprint density at radius 2 is 1.14 bits per heavy atom. The third-order valence-corrected chi connectivity index (χ3v) is 6.50. The Balaban J connectivity index is 6.05. The molecule has 0 aliphatic rings. The highest BCUT2D eigenvalue weighted by Gasteiger charge is 2.82. The Bertz CT molecular complexity index is 537. The van der Waals surface area contributed by atoms with Crippen molar-refractivity contribution in [1.82, 2.24) is 0 Å². The van der Waals surface area contributed by atoms with E-state index in [0.717, 1.165) is 0 Å². The predicted molar refractivity (Wildman–Crippen MR) is 76.4 cm³/mol. The van der Waals surface area contributed by atoms with Crippen molar-refractivity contribution in [1.29, 1.82) is 0 Å². The average molecular weight is 476 g/mol. The van der Waals surface area contributed by atoms with Gasteiger partial charge in [-0.1, -0.05) is 0 Å². The Morgan fingerprint density at radius 1 is 0.724 bits per heavy atom. The minimum absolute atomic E-state index is 0.415. The summed E-state index contributed by atoms with van der Waals surface area (Å²) in [7, 11) is -4.01. The van der Waals surface area contributed by atoms with Crippen molar-refractivity contribution >= 4 is 8.80 Å². The third kappa shape index (κ3) is 4.85. The number of allylic oxidation sites excluding steroid dienone is 1. The molecule has 0 fully saturated rings. The van der Waals surface area contributed by atoms with Gasteiger partial charge in [0.2, 0.25) is 12.0 Å². The van der Waals surface area contributed by atoms with E-state index in [4.69, 9.17) is 0 Å². The van der Waals surface area contributed by atoms with Crippen LogP contribution in [0, 0.1) is 0 Å². The summed E-state index contributed by atoms with van der Waals surface area (Å²) in [5.74, 6) is -24.7. The minimum Gasteiger partial charge on any atom is -0.375 e. The van der Waals surface area contributed by atoms with E-state index in [1.54, 1.807) is 0 Å². The fourth-order valence-corrected chi connectivity index (χ4v) is 3.80. The van der Waals surface area contributed by atoms with Gasteiger partial charge in [0, 0.05) is 21.3 Å². The van der Waals surface area contributed by atoms with Gasteiger partial charge in [-0.05, 0) is 6.08 Å². The van der Waals surface area contributed by atoms with Crippen LogP contribution in [0.15, 0.2) is 12.4 Å². The van der Waals surface area contributed by atoms with Gasteiger partial charge < -0.3 is 13.3 Å². The molecule has 29 heavy (non-hydrogen) atoms. The number of halogens is 12. The molecule has 5 atom stereocenters. The molecule has 0 heterocycles. The van der Waals surface area contributed by atoms with Crippen LogP contribution < -0.4 is 0 Å². The lowest BCUT2D eigenvalue weighted by atomic mass is 9.95. The van der Waals surface area contributed by atoms with Gasteiger partial charge in [0.1, 0.15) is 0 Å². The van der Waals surface area contributed by atoms with E-state index in [1.165, 1.54) is 0 Å². The van der Waals surface area contributed by atoms with Gasteiger partial charge in [-0.2, -0.15) is 26.3 Å². The molecular weight excluding hydrogens is 460 g/mol. The molecule has 0 saturated heterocycles. The molecule has 5 unspecified atom stereocenters. The molecule has 0 aromatic carbocycles. The van der Waals surface area contributed by atoms with Crippen molar-refractivity contribution in [3.63, 3.8) is 0 Å². The van der Waals surface area contributed by atoms with Crippen LogP contribution in [-0.2, 0) is 13.3 Å². The lowest BCUT2D eigenvalue weighted by molar-refractivity contribution is -0.340. The molecule has 3 nitrogen and oxygen atoms in total. The summed E-state index contributed by atoms with van der Waals surface area (Å²) in [4.78, 5) is 0. The number of rotatable bonds is 12. The van der Waals surface area contributed by atoms with E-state index in [-0.39, 0.29) is 0 Å². The highest BCUT2D eigenvalue weighted by atomic mass is 28.4. The Hall–Kier alpha value is -1.00. The van der Waals surface area contributed by atoms with E-state index < -0.39 is 69.5 Å². The van der Waals surface area contributed by atoms with E-state index in [0.29, 0.717) is 21.3 Å². The second-order valence-corrected chi connectivity index (χ2v) is 8.39. The van der Waals surface area contributed by atoms with Crippen molar-refractivity contribution in [2.75, 3.05) is 21.3 Å². The van der Waals surface area contributed by atoms with Crippen molar-refractivity contribution in [2.24, 2.45) is 0 Å². The van der Waals surface area contributed by atoms with Crippen LogP contribution in [0.4, 0.5) is 52.7 Å². The fourth-order valence-electron chi connectivity index (χ4n) is 2.05. The van der Waals surface area contributed by atoms with Gasteiger partial charge in [0.15, 0.2) is 18.5 Å². The summed E-state index contributed by atoms with van der Waals surface area (Å²) in [6, 6.07) is 0. The van der Waals surface area contributed by atoms with Crippen LogP contribution in [0.5, 0.6) is 0 Å². The molecule has 0 bridgehead atoms. The van der Waals surface area contributed by atoms with Crippen LogP contribution in [0.25, 0.3) is 0 Å². The predicted octanol–water partition coefficient (Wildman–Crippen LogP) is 4.48. The van der Waals surface area contributed by atoms with Crippen molar-refractivity contribution < 1.29 is 66.0 Å². The molecule has 0 rings (SSSR count). The average Bonchev–Trinajstić information content (AvgIpc) is 2.67. The molecule has 0 spiro atoms. The topological polar surface area (TPSA) is 27.7 Å². The lowest BCUT2D eigenvalue weighted by Crippen LogP contribution is -2.70. The summed E-state index contributed by atoms with van der Waals surface area (Å²) >= 11 is 0.